The van der Waals surface area contributed by atoms with E-state index >= 15 is 0 Å². The molecule has 0 radical (unpaired) electrons. The number of aromatic nitrogens is 2. The topological polar surface area (TPSA) is 68.6 Å². The first-order valence-electron chi connectivity index (χ1n) is 7.20. The molecule has 6 heteroatoms. The number of nitrogens with one attached hydrogen (secondary N) is 1. The predicted octanol–water partition coefficient (Wildman–Crippen LogP) is 3.11. The second-order valence-electron chi connectivity index (χ2n) is 4.59. The van der Waals surface area contributed by atoms with Gasteiger partial charge in [-0.2, -0.15) is 5.10 Å². The number of rotatable bonds is 8. The third-order valence-corrected chi connectivity index (χ3v) is 2.89. The van der Waals surface area contributed by atoms with Crippen molar-refractivity contribution in [3.8, 4) is 11.6 Å². The molecule has 0 aliphatic carbocycles. The molecule has 0 amide bonds. The lowest BCUT2D eigenvalue weighted by atomic mass is 10.2. The van der Waals surface area contributed by atoms with Gasteiger partial charge in [0, 0.05) is 6.07 Å². The van der Waals surface area contributed by atoms with Crippen LogP contribution in [0.15, 0.2) is 41.8 Å². The fourth-order valence-corrected chi connectivity index (χ4v) is 1.67. The molecule has 0 unspecified atom stereocenters. The molecule has 0 aliphatic rings. The fourth-order valence-electron chi connectivity index (χ4n) is 1.67. The number of hydrogen-bond acceptors (Lipinski definition) is 6. The maximum Gasteiger partial charge on any atom is 0.218 e. The second-order valence-corrected chi connectivity index (χ2v) is 4.59. The van der Waals surface area contributed by atoms with Crippen LogP contribution < -0.4 is 14.9 Å². The Hall–Kier alpha value is -2.63. The summed E-state index contributed by atoms with van der Waals surface area (Å²) in [5.41, 5.74) is 3.80. The van der Waals surface area contributed by atoms with Gasteiger partial charge in [0.15, 0.2) is 5.82 Å². The highest BCUT2D eigenvalue weighted by atomic mass is 16.5. The van der Waals surface area contributed by atoms with Crippen LogP contribution in [0.4, 0.5) is 5.82 Å². The summed E-state index contributed by atoms with van der Waals surface area (Å²) in [4.78, 5) is 7.96. The fraction of sp³-hybridized carbons (Fsp3) is 0.312. The molecule has 0 fully saturated rings. The largest absolute Gasteiger partial charge is 0.494 e. The molecule has 2 aromatic rings. The van der Waals surface area contributed by atoms with E-state index in [1.165, 1.54) is 6.33 Å². The molecule has 0 bridgehead atoms. The number of hydrogen-bond donors (Lipinski definition) is 1. The maximum atomic E-state index is 5.61. The van der Waals surface area contributed by atoms with Crippen molar-refractivity contribution in [2.75, 3.05) is 19.1 Å². The number of methoxy groups -OCH3 is 1. The zero-order chi connectivity index (χ0) is 15.6. The quantitative estimate of drug-likeness (QED) is 0.461. The molecular weight excluding hydrogens is 280 g/mol. The van der Waals surface area contributed by atoms with E-state index in [0.29, 0.717) is 11.7 Å². The Morgan fingerprint density at radius 2 is 2.05 bits per heavy atom. The van der Waals surface area contributed by atoms with Gasteiger partial charge in [0.05, 0.1) is 19.9 Å². The third kappa shape index (κ3) is 5.05. The molecule has 0 saturated heterocycles. The first kappa shape index (κ1) is 15.8. The maximum absolute atomic E-state index is 5.61. The first-order valence-corrected chi connectivity index (χ1v) is 7.20. The van der Waals surface area contributed by atoms with Crippen LogP contribution in [0.1, 0.15) is 25.3 Å². The Morgan fingerprint density at radius 3 is 2.77 bits per heavy atom. The highest BCUT2D eigenvalue weighted by Gasteiger charge is 1.96. The van der Waals surface area contributed by atoms with Crippen molar-refractivity contribution in [1.29, 1.82) is 0 Å². The van der Waals surface area contributed by atoms with E-state index in [9.17, 15) is 0 Å². The van der Waals surface area contributed by atoms with E-state index < -0.39 is 0 Å². The lowest BCUT2D eigenvalue weighted by Crippen LogP contribution is -1.97. The van der Waals surface area contributed by atoms with Crippen molar-refractivity contribution in [3.05, 3.63) is 42.2 Å². The highest BCUT2D eigenvalue weighted by molar-refractivity contribution is 5.80. The van der Waals surface area contributed by atoms with Gasteiger partial charge in [0.1, 0.15) is 12.1 Å². The lowest BCUT2D eigenvalue weighted by Gasteiger charge is -2.05. The van der Waals surface area contributed by atoms with Crippen LogP contribution in [0, 0.1) is 0 Å². The second kappa shape index (κ2) is 8.61. The van der Waals surface area contributed by atoms with Gasteiger partial charge in [-0.3, -0.25) is 5.43 Å². The Kier molecular flexibility index (Phi) is 6.17. The van der Waals surface area contributed by atoms with Crippen LogP contribution in [0.25, 0.3) is 0 Å². The van der Waals surface area contributed by atoms with Crippen molar-refractivity contribution >= 4 is 12.0 Å². The SMILES string of the molecule is CCCCOc1ccc(/C=N\Nc2cc(OC)ncn2)cc1. The van der Waals surface area contributed by atoms with Gasteiger partial charge < -0.3 is 9.47 Å². The molecule has 0 aliphatic heterocycles. The number of anilines is 1. The number of nitrogens with zero attached hydrogens (tertiary/aromatic N) is 3. The number of ether oxygens (including phenoxy) is 2. The summed E-state index contributed by atoms with van der Waals surface area (Å²) in [6.07, 6.45) is 5.32. The smallest absolute Gasteiger partial charge is 0.218 e. The summed E-state index contributed by atoms with van der Waals surface area (Å²) in [7, 11) is 1.56. The van der Waals surface area contributed by atoms with Crippen LogP contribution in [-0.2, 0) is 0 Å². The highest BCUT2D eigenvalue weighted by Crippen LogP contribution is 2.12. The number of benzene rings is 1. The van der Waals surface area contributed by atoms with E-state index in [0.717, 1.165) is 30.8 Å². The van der Waals surface area contributed by atoms with Gasteiger partial charge >= 0.3 is 0 Å². The first-order chi connectivity index (χ1) is 10.8. The van der Waals surface area contributed by atoms with Crippen LogP contribution >= 0.6 is 0 Å². The van der Waals surface area contributed by atoms with Crippen molar-refractivity contribution < 1.29 is 9.47 Å². The normalized spacial score (nSPS) is 10.6. The van der Waals surface area contributed by atoms with Crippen molar-refractivity contribution in [1.82, 2.24) is 9.97 Å². The van der Waals surface area contributed by atoms with Gasteiger partial charge in [0.25, 0.3) is 0 Å². The summed E-state index contributed by atoms with van der Waals surface area (Å²) in [6.45, 7) is 2.89. The monoisotopic (exact) mass is 300 g/mol. The summed E-state index contributed by atoms with van der Waals surface area (Å²) >= 11 is 0. The van der Waals surface area contributed by atoms with Crippen LogP contribution in [0.5, 0.6) is 11.6 Å². The zero-order valence-electron chi connectivity index (χ0n) is 12.8. The molecular formula is C16H20N4O2. The van der Waals surface area contributed by atoms with Crippen LogP contribution in [0.3, 0.4) is 0 Å². The minimum atomic E-state index is 0.487. The van der Waals surface area contributed by atoms with E-state index in [-0.39, 0.29) is 0 Å². The molecule has 0 spiro atoms. The van der Waals surface area contributed by atoms with Crippen LogP contribution in [-0.4, -0.2) is 29.9 Å². The molecule has 1 aromatic heterocycles. The average Bonchev–Trinajstić information content (AvgIpc) is 2.57. The molecule has 1 heterocycles. The molecule has 1 aromatic carbocycles. The number of hydrazone groups is 1. The predicted molar refractivity (Wildman–Crippen MR) is 86.6 cm³/mol. The van der Waals surface area contributed by atoms with Crippen molar-refractivity contribution in [3.63, 3.8) is 0 Å². The lowest BCUT2D eigenvalue weighted by molar-refractivity contribution is 0.309. The molecule has 6 nitrogen and oxygen atoms in total. The Labute approximate surface area is 130 Å². The molecule has 2 rings (SSSR count). The van der Waals surface area contributed by atoms with Crippen molar-refractivity contribution in [2.24, 2.45) is 5.10 Å². The summed E-state index contributed by atoms with van der Waals surface area (Å²) < 4.78 is 10.6. The van der Waals surface area contributed by atoms with Gasteiger partial charge in [-0.25, -0.2) is 9.97 Å². The molecule has 22 heavy (non-hydrogen) atoms. The van der Waals surface area contributed by atoms with E-state index in [1.807, 2.05) is 24.3 Å². The summed E-state index contributed by atoms with van der Waals surface area (Å²) in [6, 6.07) is 9.44. The standard InChI is InChI=1S/C16H20N4O2/c1-3-4-9-22-14-7-5-13(6-8-14)11-19-20-15-10-16(21-2)18-12-17-15/h5-8,10-12H,3-4,9H2,1-2H3,(H,17,18,20)/b19-11-. The van der Waals surface area contributed by atoms with Crippen molar-refractivity contribution in [2.45, 2.75) is 19.8 Å². The molecule has 116 valence electrons. The van der Waals surface area contributed by atoms with Gasteiger partial charge in [-0.1, -0.05) is 13.3 Å². The molecule has 0 saturated carbocycles. The van der Waals surface area contributed by atoms with E-state index in [1.54, 1.807) is 19.4 Å². The van der Waals surface area contributed by atoms with Gasteiger partial charge in [-0.15, -0.1) is 0 Å². The molecule has 0 atom stereocenters. The zero-order valence-corrected chi connectivity index (χ0v) is 12.8. The summed E-state index contributed by atoms with van der Waals surface area (Å²) in [5.74, 6) is 1.93. The number of unbranched alkanes of at least 4 members (excludes halogenated alkanes) is 1. The molecule has 1 N–H and O–H groups in total. The van der Waals surface area contributed by atoms with E-state index in [4.69, 9.17) is 9.47 Å². The average molecular weight is 300 g/mol. The van der Waals surface area contributed by atoms with E-state index in [2.05, 4.69) is 27.4 Å². The Morgan fingerprint density at radius 1 is 1.23 bits per heavy atom. The summed E-state index contributed by atoms with van der Waals surface area (Å²) in [5, 5.41) is 4.13. The van der Waals surface area contributed by atoms with Gasteiger partial charge in [0.2, 0.25) is 5.88 Å². The minimum Gasteiger partial charge on any atom is -0.494 e. The Balaban J connectivity index is 1.87. The van der Waals surface area contributed by atoms with Gasteiger partial charge in [-0.05, 0) is 36.2 Å². The third-order valence-electron chi connectivity index (χ3n) is 2.89. The Bertz CT molecular complexity index is 599. The van der Waals surface area contributed by atoms with Crippen LogP contribution in [0.2, 0.25) is 0 Å². The minimum absolute atomic E-state index is 0.487.